The Labute approximate surface area is 127 Å². The first-order valence-electron chi connectivity index (χ1n) is 6.73. The predicted octanol–water partition coefficient (Wildman–Crippen LogP) is 3.48. The molecule has 1 aliphatic rings. The highest BCUT2D eigenvalue weighted by Gasteiger charge is 2.21. The third-order valence-electron chi connectivity index (χ3n) is 3.34. The first-order valence-corrected chi connectivity index (χ1v) is 8.09. The zero-order chi connectivity index (χ0) is 13.8. The van der Waals surface area contributed by atoms with Gasteiger partial charge in [0.15, 0.2) is 5.82 Å². The Morgan fingerprint density at radius 2 is 2.20 bits per heavy atom. The van der Waals surface area contributed by atoms with Gasteiger partial charge in [0.1, 0.15) is 0 Å². The Balaban J connectivity index is 1.59. The van der Waals surface area contributed by atoms with Crippen LogP contribution >= 0.6 is 23.4 Å². The van der Waals surface area contributed by atoms with Gasteiger partial charge in [-0.25, -0.2) is 0 Å². The number of benzene rings is 1. The quantitative estimate of drug-likeness (QED) is 0.876. The first-order chi connectivity index (χ1) is 9.81. The molecule has 0 aliphatic carbocycles. The fraction of sp³-hybridized carbons (Fsp3) is 0.429. The van der Waals surface area contributed by atoms with Gasteiger partial charge >= 0.3 is 0 Å². The summed E-state index contributed by atoms with van der Waals surface area (Å²) in [6.45, 7) is 2.05. The first kappa shape index (κ1) is 13.9. The van der Waals surface area contributed by atoms with Crippen molar-refractivity contribution < 1.29 is 4.52 Å². The average molecular weight is 310 g/mol. The van der Waals surface area contributed by atoms with Crippen molar-refractivity contribution in [3.05, 3.63) is 41.0 Å². The third-order valence-corrected chi connectivity index (χ3v) is 4.56. The molecular formula is C14H16ClN3OS. The second-order valence-electron chi connectivity index (χ2n) is 4.82. The average Bonchev–Trinajstić information content (AvgIpc) is 2.95. The smallest absolute Gasteiger partial charge is 0.229 e. The van der Waals surface area contributed by atoms with Crippen molar-refractivity contribution in [2.45, 2.75) is 29.4 Å². The van der Waals surface area contributed by atoms with Crippen LogP contribution in [0, 0.1) is 0 Å². The third kappa shape index (κ3) is 3.53. The predicted molar refractivity (Wildman–Crippen MR) is 80.2 cm³/mol. The molecule has 0 radical (unpaired) electrons. The van der Waals surface area contributed by atoms with Gasteiger partial charge in [-0.1, -0.05) is 22.8 Å². The van der Waals surface area contributed by atoms with Crippen molar-refractivity contribution in [1.82, 2.24) is 15.5 Å². The molecule has 1 aromatic carbocycles. The number of aromatic nitrogens is 2. The van der Waals surface area contributed by atoms with Gasteiger partial charge < -0.3 is 9.84 Å². The number of piperidine rings is 1. The van der Waals surface area contributed by atoms with Crippen LogP contribution in [0.1, 0.15) is 30.5 Å². The molecule has 0 amide bonds. The maximum absolute atomic E-state index is 5.96. The van der Waals surface area contributed by atoms with Crippen LogP contribution in [0.25, 0.3) is 0 Å². The molecule has 1 fully saturated rings. The SMILES string of the molecule is Clc1cccc(SCc2noc(C3CCNCC3)n2)c1. The van der Waals surface area contributed by atoms with E-state index >= 15 is 0 Å². The van der Waals surface area contributed by atoms with E-state index in [1.165, 1.54) is 0 Å². The van der Waals surface area contributed by atoms with Crippen molar-refractivity contribution in [2.24, 2.45) is 0 Å². The molecule has 1 aliphatic heterocycles. The summed E-state index contributed by atoms with van der Waals surface area (Å²) < 4.78 is 5.39. The van der Waals surface area contributed by atoms with Gasteiger partial charge in [0.05, 0.1) is 5.75 Å². The Morgan fingerprint density at radius 3 is 3.00 bits per heavy atom. The molecule has 0 atom stereocenters. The Bertz CT molecular complexity index is 569. The Morgan fingerprint density at radius 1 is 1.35 bits per heavy atom. The number of hydrogen-bond donors (Lipinski definition) is 1. The molecule has 106 valence electrons. The number of rotatable bonds is 4. The number of nitrogens with one attached hydrogen (secondary N) is 1. The highest BCUT2D eigenvalue weighted by Crippen LogP contribution is 2.27. The summed E-state index contributed by atoms with van der Waals surface area (Å²) >= 11 is 7.63. The van der Waals surface area contributed by atoms with Crippen molar-refractivity contribution >= 4 is 23.4 Å². The zero-order valence-corrected chi connectivity index (χ0v) is 12.6. The minimum Gasteiger partial charge on any atom is -0.339 e. The van der Waals surface area contributed by atoms with Gasteiger partial charge in [-0.2, -0.15) is 4.98 Å². The normalized spacial score (nSPS) is 16.4. The van der Waals surface area contributed by atoms with Crippen LogP contribution in [0.15, 0.2) is 33.7 Å². The summed E-state index contributed by atoms with van der Waals surface area (Å²) in [6.07, 6.45) is 2.14. The Kier molecular flexibility index (Phi) is 4.60. The largest absolute Gasteiger partial charge is 0.339 e. The van der Waals surface area contributed by atoms with Gasteiger partial charge in [-0.3, -0.25) is 0 Å². The fourth-order valence-corrected chi connectivity index (χ4v) is 3.32. The standard InChI is InChI=1S/C14H16ClN3OS/c15-11-2-1-3-12(8-11)20-9-13-17-14(19-18-13)10-4-6-16-7-5-10/h1-3,8,10,16H,4-7,9H2. The monoisotopic (exact) mass is 309 g/mol. The van der Waals surface area contributed by atoms with E-state index < -0.39 is 0 Å². The van der Waals surface area contributed by atoms with Gasteiger partial charge in [0.25, 0.3) is 0 Å². The lowest BCUT2D eigenvalue weighted by Gasteiger charge is -2.18. The number of nitrogens with zero attached hydrogens (tertiary/aromatic N) is 2. The molecule has 2 aromatic rings. The second kappa shape index (κ2) is 6.61. The van der Waals surface area contributed by atoms with Crippen molar-refractivity contribution in [3.63, 3.8) is 0 Å². The van der Waals surface area contributed by atoms with Gasteiger partial charge in [0.2, 0.25) is 5.89 Å². The van der Waals surface area contributed by atoms with Crippen molar-refractivity contribution in [1.29, 1.82) is 0 Å². The van der Waals surface area contributed by atoms with Gasteiger partial charge in [-0.05, 0) is 44.1 Å². The van der Waals surface area contributed by atoms with E-state index in [2.05, 4.69) is 15.5 Å². The van der Waals surface area contributed by atoms with E-state index in [1.807, 2.05) is 24.3 Å². The van der Waals surface area contributed by atoms with Crippen LogP contribution < -0.4 is 5.32 Å². The minimum absolute atomic E-state index is 0.411. The van der Waals surface area contributed by atoms with Crippen LogP contribution in [0.3, 0.4) is 0 Å². The molecule has 3 rings (SSSR count). The van der Waals surface area contributed by atoms with E-state index in [0.29, 0.717) is 11.7 Å². The number of thioether (sulfide) groups is 1. The van der Waals surface area contributed by atoms with E-state index in [0.717, 1.165) is 47.6 Å². The summed E-state index contributed by atoms with van der Waals surface area (Å²) in [5.74, 6) is 2.65. The van der Waals surface area contributed by atoms with Crippen LogP contribution in [0.2, 0.25) is 5.02 Å². The lowest BCUT2D eigenvalue weighted by Crippen LogP contribution is -2.26. The highest BCUT2D eigenvalue weighted by molar-refractivity contribution is 7.98. The van der Waals surface area contributed by atoms with Crippen LogP contribution in [0.4, 0.5) is 0 Å². The van der Waals surface area contributed by atoms with Crippen LogP contribution in [-0.4, -0.2) is 23.2 Å². The van der Waals surface area contributed by atoms with Gasteiger partial charge in [0, 0.05) is 15.8 Å². The molecule has 20 heavy (non-hydrogen) atoms. The summed E-state index contributed by atoms with van der Waals surface area (Å²) in [5, 5.41) is 8.15. The Hall–Kier alpha value is -1.04. The topological polar surface area (TPSA) is 51.0 Å². The second-order valence-corrected chi connectivity index (χ2v) is 6.30. The molecule has 6 heteroatoms. The summed E-state index contributed by atoms with van der Waals surface area (Å²) in [4.78, 5) is 5.63. The maximum Gasteiger partial charge on any atom is 0.229 e. The molecule has 2 heterocycles. The number of halogens is 1. The summed E-state index contributed by atoms with van der Waals surface area (Å²) in [5.41, 5.74) is 0. The molecule has 0 spiro atoms. The summed E-state index contributed by atoms with van der Waals surface area (Å²) in [7, 11) is 0. The van der Waals surface area contributed by atoms with Gasteiger partial charge in [-0.15, -0.1) is 11.8 Å². The van der Waals surface area contributed by atoms with E-state index in [1.54, 1.807) is 11.8 Å². The van der Waals surface area contributed by atoms with Crippen molar-refractivity contribution in [2.75, 3.05) is 13.1 Å². The zero-order valence-electron chi connectivity index (χ0n) is 11.0. The molecule has 0 unspecified atom stereocenters. The van der Waals surface area contributed by atoms with Crippen molar-refractivity contribution in [3.8, 4) is 0 Å². The summed E-state index contributed by atoms with van der Waals surface area (Å²) in [6, 6.07) is 7.79. The van der Waals surface area contributed by atoms with E-state index in [9.17, 15) is 0 Å². The molecule has 1 aromatic heterocycles. The lowest BCUT2D eigenvalue weighted by atomic mass is 9.98. The molecule has 4 nitrogen and oxygen atoms in total. The van der Waals surface area contributed by atoms with Crippen LogP contribution in [-0.2, 0) is 5.75 Å². The van der Waals surface area contributed by atoms with Crippen LogP contribution in [0.5, 0.6) is 0 Å². The van der Waals surface area contributed by atoms with E-state index in [4.69, 9.17) is 16.1 Å². The minimum atomic E-state index is 0.411. The fourth-order valence-electron chi connectivity index (χ4n) is 2.27. The molecule has 0 saturated carbocycles. The lowest BCUT2D eigenvalue weighted by molar-refractivity contribution is 0.319. The maximum atomic E-state index is 5.96. The molecule has 0 bridgehead atoms. The molecular weight excluding hydrogens is 294 g/mol. The van der Waals surface area contributed by atoms with E-state index in [-0.39, 0.29) is 0 Å². The molecule has 1 N–H and O–H groups in total. The molecule has 1 saturated heterocycles. The number of hydrogen-bond acceptors (Lipinski definition) is 5. The highest BCUT2D eigenvalue weighted by atomic mass is 35.5.